The predicted octanol–water partition coefficient (Wildman–Crippen LogP) is 3.41. The maximum Gasteiger partial charge on any atom is 0.259 e. The molecule has 0 heterocycles. The van der Waals surface area contributed by atoms with Gasteiger partial charge in [0.15, 0.2) is 0 Å². The van der Waals surface area contributed by atoms with Gasteiger partial charge in [-0.1, -0.05) is 25.1 Å². The number of carbonyl (C=O) groups is 1. The second-order valence-electron chi connectivity index (χ2n) is 5.81. The molecule has 0 spiro atoms. The number of rotatable bonds is 8. The molecule has 0 unspecified atom stereocenters. The van der Waals surface area contributed by atoms with Crippen LogP contribution >= 0.6 is 0 Å². The van der Waals surface area contributed by atoms with Gasteiger partial charge in [0, 0.05) is 0 Å². The van der Waals surface area contributed by atoms with E-state index in [1.54, 1.807) is 30.3 Å². The molecule has 0 aliphatic rings. The van der Waals surface area contributed by atoms with Crippen molar-refractivity contribution in [2.75, 3.05) is 13.2 Å². The topological polar surface area (TPSA) is 85.3 Å². The van der Waals surface area contributed by atoms with E-state index >= 15 is 0 Å². The summed E-state index contributed by atoms with van der Waals surface area (Å²) in [5, 5.41) is 8.84. The van der Waals surface area contributed by atoms with Gasteiger partial charge in [-0.25, -0.2) is 0 Å². The van der Waals surface area contributed by atoms with Crippen LogP contribution in [0, 0.1) is 18.3 Å². The number of nitrogens with zero attached hydrogens (tertiary/aromatic N) is 1. The quantitative estimate of drug-likeness (QED) is 0.449. The lowest BCUT2D eigenvalue weighted by Gasteiger charge is -2.10. The molecular formula is C21H22N2O3. The first-order valence-corrected chi connectivity index (χ1v) is 8.39. The second kappa shape index (κ2) is 9.28. The summed E-state index contributed by atoms with van der Waals surface area (Å²) < 4.78 is 11.4. The van der Waals surface area contributed by atoms with Crippen molar-refractivity contribution < 1.29 is 14.3 Å². The molecule has 0 aromatic heterocycles. The number of nitrogens with two attached hydrogens (primary N) is 1. The highest BCUT2D eigenvalue weighted by Crippen LogP contribution is 2.18. The van der Waals surface area contributed by atoms with E-state index < -0.39 is 5.91 Å². The standard InChI is InChI=1S/C21H22N2O3/c1-3-16-10-15(2)11-20(13-16)26-9-8-25-19-6-4-17(5-7-19)12-18(14-22)21(23)24/h4-7,10-13H,3,8-9H2,1-2H3,(H2,23,24)/b18-12+. The third-order valence-corrected chi connectivity index (χ3v) is 3.72. The van der Waals surface area contributed by atoms with Crippen LogP contribution in [0.4, 0.5) is 0 Å². The zero-order valence-corrected chi connectivity index (χ0v) is 15.0. The van der Waals surface area contributed by atoms with Crippen LogP contribution < -0.4 is 15.2 Å². The van der Waals surface area contributed by atoms with E-state index in [1.165, 1.54) is 17.2 Å². The minimum Gasteiger partial charge on any atom is -0.490 e. The molecule has 1 amide bonds. The predicted molar refractivity (Wildman–Crippen MR) is 101 cm³/mol. The molecule has 0 saturated heterocycles. The minimum absolute atomic E-state index is 0.0864. The van der Waals surface area contributed by atoms with Crippen LogP contribution in [0.25, 0.3) is 6.08 Å². The average Bonchev–Trinajstić information content (AvgIpc) is 2.63. The molecular weight excluding hydrogens is 328 g/mol. The van der Waals surface area contributed by atoms with Gasteiger partial charge in [-0.2, -0.15) is 5.26 Å². The number of benzene rings is 2. The van der Waals surface area contributed by atoms with E-state index in [9.17, 15) is 4.79 Å². The van der Waals surface area contributed by atoms with Gasteiger partial charge in [0.05, 0.1) is 0 Å². The van der Waals surface area contributed by atoms with E-state index in [4.69, 9.17) is 20.5 Å². The van der Waals surface area contributed by atoms with Gasteiger partial charge >= 0.3 is 0 Å². The number of primary amides is 1. The van der Waals surface area contributed by atoms with Gasteiger partial charge in [-0.3, -0.25) is 4.79 Å². The monoisotopic (exact) mass is 350 g/mol. The first-order valence-electron chi connectivity index (χ1n) is 8.39. The van der Waals surface area contributed by atoms with Crippen LogP contribution in [0.2, 0.25) is 0 Å². The molecule has 0 aliphatic carbocycles. The Hall–Kier alpha value is -3.26. The van der Waals surface area contributed by atoms with Gasteiger partial charge in [0.1, 0.15) is 36.4 Å². The first kappa shape index (κ1) is 19.1. The number of carbonyl (C=O) groups excluding carboxylic acids is 1. The van der Waals surface area contributed by atoms with E-state index in [0.717, 1.165) is 12.2 Å². The largest absolute Gasteiger partial charge is 0.490 e. The van der Waals surface area contributed by atoms with Crippen molar-refractivity contribution in [1.82, 2.24) is 0 Å². The zero-order chi connectivity index (χ0) is 18.9. The Morgan fingerprint density at radius 1 is 1.12 bits per heavy atom. The summed E-state index contributed by atoms with van der Waals surface area (Å²) in [7, 11) is 0. The highest BCUT2D eigenvalue weighted by molar-refractivity contribution is 6.00. The van der Waals surface area contributed by atoms with Gasteiger partial charge < -0.3 is 15.2 Å². The van der Waals surface area contributed by atoms with Crippen LogP contribution in [0.3, 0.4) is 0 Å². The summed E-state index contributed by atoms with van der Waals surface area (Å²) in [5.41, 5.74) is 8.16. The van der Waals surface area contributed by atoms with Crippen molar-refractivity contribution in [3.05, 3.63) is 64.7 Å². The maximum atomic E-state index is 11.0. The lowest BCUT2D eigenvalue weighted by Crippen LogP contribution is -2.12. The van der Waals surface area contributed by atoms with Crippen molar-refractivity contribution in [3.8, 4) is 17.6 Å². The summed E-state index contributed by atoms with van der Waals surface area (Å²) >= 11 is 0. The zero-order valence-electron chi connectivity index (χ0n) is 15.0. The Morgan fingerprint density at radius 3 is 2.35 bits per heavy atom. The van der Waals surface area contributed by atoms with Crippen molar-refractivity contribution in [2.45, 2.75) is 20.3 Å². The Morgan fingerprint density at radius 2 is 1.77 bits per heavy atom. The van der Waals surface area contributed by atoms with E-state index in [1.807, 2.05) is 12.1 Å². The lowest BCUT2D eigenvalue weighted by molar-refractivity contribution is -0.114. The van der Waals surface area contributed by atoms with Gasteiger partial charge in [-0.15, -0.1) is 0 Å². The van der Waals surface area contributed by atoms with E-state index in [-0.39, 0.29) is 5.57 Å². The summed E-state index contributed by atoms with van der Waals surface area (Å²) in [6, 6.07) is 15.0. The number of hydrogen-bond acceptors (Lipinski definition) is 4. The normalized spacial score (nSPS) is 10.9. The van der Waals surface area contributed by atoms with Crippen molar-refractivity contribution in [3.63, 3.8) is 0 Å². The lowest BCUT2D eigenvalue weighted by atomic mass is 10.1. The number of amides is 1. The van der Waals surface area contributed by atoms with Gasteiger partial charge in [0.25, 0.3) is 5.91 Å². The van der Waals surface area contributed by atoms with Crippen molar-refractivity contribution >= 4 is 12.0 Å². The smallest absolute Gasteiger partial charge is 0.259 e. The Kier molecular flexibility index (Phi) is 6.81. The molecule has 2 rings (SSSR count). The number of hydrogen-bond donors (Lipinski definition) is 1. The Balaban J connectivity index is 1.86. The SMILES string of the molecule is CCc1cc(C)cc(OCCOc2ccc(/C=C(\C#N)C(N)=O)cc2)c1. The number of ether oxygens (including phenoxy) is 2. The van der Waals surface area contributed by atoms with Crippen LogP contribution in [0.1, 0.15) is 23.6 Å². The molecule has 0 saturated carbocycles. The molecule has 0 bridgehead atoms. The summed E-state index contributed by atoms with van der Waals surface area (Å²) in [4.78, 5) is 11.0. The summed E-state index contributed by atoms with van der Waals surface area (Å²) in [6.45, 7) is 5.02. The number of aryl methyl sites for hydroxylation is 2. The van der Waals surface area contributed by atoms with Crippen LogP contribution in [-0.4, -0.2) is 19.1 Å². The summed E-state index contributed by atoms with van der Waals surface area (Å²) in [5.74, 6) is 0.788. The third-order valence-electron chi connectivity index (χ3n) is 3.72. The fourth-order valence-corrected chi connectivity index (χ4v) is 2.42. The molecule has 5 nitrogen and oxygen atoms in total. The van der Waals surface area contributed by atoms with Crippen LogP contribution in [0.15, 0.2) is 48.0 Å². The van der Waals surface area contributed by atoms with Gasteiger partial charge in [-0.05, 0) is 60.4 Å². The molecule has 2 aromatic carbocycles. The van der Waals surface area contributed by atoms with Crippen molar-refractivity contribution in [2.24, 2.45) is 5.73 Å². The van der Waals surface area contributed by atoms with Crippen molar-refractivity contribution in [1.29, 1.82) is 5.26 Å². The molecule has 0 fully saturated rings. The molecule has 134 valence electrons. The Labute approximate surface area is 153 Å². The molecule has 26 heavy (non-hydrogen) atoms. The fraction of sp³-hybridized carbons (Fsp3) is 0.238. The minimum atomic E-state index is -0.743. The molecule has 0 aliphatic heterocycles. The molecule has 5 heteroatoms. The fourth-order valence-electron chi connectivity index (χ4n) is 2.42. The Bertz CT molecular complexity index is 833. The van der Waals surface area contributed by atoms with Gasteiger partial charge in [0.2, 0.25) is 0 Å². The summed E-state index contributed by atoms with van der Waals surface area (Å²) in [6.07, 6.45) is 2.41. The van der Waals surface area contributed by atoms with Crippen LogP contribution in [0.5, 0.6) is 11.5 Å². The first-order chi connectivity index (χ1) is 12.5. The maximum absolute atomic E-state index is 11.0. The molecule has 0 atom stereocenters. The van der Waals surface area contributed by atoms with Crippen LogP contribution in [-0.2, 0) is 11.2 Å². The molecule has 0 radical (unpaired) electrons. The third kappa shape index (κ3) is 5.67. The highest BCUT2D eigenvalue weighted by Gasteiger charge is 2.03. The van der Waals surface area contributed by atoms with E-state index in [0.29, 0.717) is 24.5 Å². The highest BCUT2D eigenvalue weighted by atomic mass is 16.5. The molecule has 2 aromatic rings. The second-order valence-corrected chi connectivity index (χ2v) is 5.81. The van der Waals surface area contributed by atoms with E-state index in [2.05, 4.69) is 19.9 Å². The average molecular weight is 350 g/mol. The molecule has 2 N–H and O–H groups in total. The number of nitriles is 1.